The molecule has 4 atom stereocenters. The number of carbonyl (C=O) groups excluding carboxylic acids is 1. The van der Waals surface area contributed by atoms with Crippen molar-refractivity contribution in [1.82, 2.24) is 5.32 Å². The lowest BCUT2D eigenvalue weighted by molar-refractivity contribution is -0.146. The van der Waals surface area contributed by atoms with Crippen LogP contribution in [-0.4, -0.2) is 31.2 Å². The number of rotatable bonds is 5. The van der Waals surface area contributed by atoms with E-state index in [0.29, 0.717) is 24.0 Å². The van der Waals surface area contributed by atoms with E-state index in [1.807, 2.05) is 0 Å². The molecule has 140 valence electrons. The van der Waals surface area contributed by atoms with Gasteiger partial charge in [-0.3, -0.25) is 4.79 Å². The minimum atomic E-state index is 0. The number of halogens is 1. The van der Waals surface area contributed by atoms with Gasteiger partial charge in [-0.1, -0.05) is 20.3 Å². The summed E-state index contributed by atoms with van der Waals surface area (Å²) >= 11 is 0. The average molecular weight is 359 g/mol. The Labute approximate surface area is 153 Å². The van der Waals surface area contributed by atoms with Crippen LogP contribution in [0.5, 0.6) is 0 Å². The molecule has 0 heterocycles. The molecule has 3 saturated carbocycles. The summed E-state index contributed by atoms with van der Waals surface area (Å²) in [5, 5.41) is 3.39. The summed E-state index contributed by atoms with van der Waals surface area (Å²) < 4.78 is 5.65. The quantitative estimate of drug-likeness (QED) is 0.792. The van der Waals surface area contributed by atoms with E-state index in [2.05, 4.69) is 19.2 Å². The Balaban J connectivity index is 0.00000208. The normalized spacial score (nSPS) is 40.2. The summed E-state index contributed by atoms with van der Waals surface area (Å²) in [6.45, 7) is 4.44. The summed E-state index contributed by atoms with van der Waals surface area (Å²) in [5.41, 5.74) is 6.49. The third kappa shape index (κ3) is 3.22. The van der Waals surface area contributed by atoms with Crippen molar-refractivity contribution in [3.63, 3.8) is 0 Å². The molecular formula is C19H35ClN2O2. The molecule has 3 fully saturated rings. The molecule has 0 aromatic carbocycles. The van der Waals surface area contributed by atoms with Crippen LogP contribution in [0.25, 0.3) is 0 Å². The lowest BCUT2D eigenvalue weighted by Crippen LogP contribution is -2.65. The van der Waals surface area contributed by atoms with Crippen molar-refractivity contribution >= 4 is 18.3 Å². The molecule has 0 spiro atoms. The predicted molar refractivity (Wildman–Crippen MR) is 99.1 cm³/mol. The Kier molecular flexibility index (Phi) is 6.60. The SMILES string of the molecule is CCC1(CC)C(NC(=O)C2CC3CCCC(C2)C3N)CC1OC.Cl. The molecule has 4 nitrogen and oxygen atoms in total. The summed E-state index contributed by atoms with van der Waals surface area (Å²) in [6.07, 6.45) is 9.09. The Morgan fingerprint density at radius 2 is 1.75 bits per heavy atom. The molecule has 3 N–H and O–H groups in total. The van der Waals surface area contributed by atoms with Gasteiger partial charge < -0.3 is 15.8 Å². The van der Waals surface area contributed by atoms with Gasteiger partial charge in [0.2, 0.25) is 5.91 Å². The van der Waals surface area contributed by atoms with Gasteiger partial charge in [-0.15, -0.1) is 12.4 Å². The second-order valence-corrected chi connectivity index (χ2v) is 8.16. The maximum atomic E-state index is 12.9. The van der Waals surface area contributed by atoms with Crippen molar-refractivity contribution in [2.45, 2.75) is 83.4 Å². The molecule has 0 radical (unpaired) electrons. The highest BCUT2D eigenvalue weighted by Crippen LogP contribution is 2.49. The fourth-order valence-corrected chi connectivity index (χ4v) is 5.77. The van der Waals surface area contributed by atoms with Crippen LogP contribution in [0.3, 0.4) is 0 Å². The minimum absolute atomic E-state index is 0. The van der Waals surface area contributed by atoms with E-state index >= 15 is 0 Å². The molecule has 3 rings (SSSR count). The molecule has 0 saturated heterocycles. The third-order valence-electron chi connectivity index (χ3n) is 7.49. The second kappa shape index (κ2) is 7.92. The number of hydrogen-bond donors (Lipinski definition) is 2. The van der Waals surface area contributed by atoms with Crippen LogP contribution in [0.1, 0.15) is 65.2 Å². The van der Waals surface area contributed by atoms with Crippen LogP contribution >= 0.6 is 12.4 Å². The standard InChI is InChI=1S/C19H34N2O2.ClH/c1-4-19(5-2)15(11-16(19)23-3)21-18(22)14-9-12-7-6-8-13(10-14)17(12)20;/h12-17H,4-11,20H2,1-3H3,(H,21,22);1H. The number of ether oxygens (including phenoxy) is 1. The second-order valence-electron chi connectivity index (χ2n) is 8.16. The Bertz CT molecular complexity index is 427. The summed E-state index contributed by atoms with van der Waals surface area (Å²) in [6, 6.07) is 0.616. The topological polar surface area (TPSA) is 64.4 Å². The Morgan fingerprint density at radius 3 is 2.25 bits per heavy atom. The monoisotopic (exact) mass is 358 g/mol. The van der Waals surface area contributed by atoms with Crippen LogP contribution in [0, 0.1) is 23.2 Å². The van der Waals surface area contributed by atoms with E-state index in [9.17, 15) is 4.79 Å². The van der Waals surface area contributed by atoms with Crippen LogP contribution in [-0.2, 0) is 9.53 Å². The average Bonchev–Trinajstić information content (AvgIpc) is 2.52. The number of methoxy groups -OCH3 is 1. The van der Waals surface area contributed by atoms with Crippen molar-refractivity contribution in [2.75, 3.05) is 7.11 Å². The van der Waals surface area contributed by atoms with Crippen molar-refractivity contribution < 1.29 is 9.53 Å². The zero-order chi connectivity index (χ0) is 16.6. The lowest BCUT2D eigenvalue weighted by atomic mass is 9.58. The maximum absolute atomic E-state index is 12.9. The zero-order valence-corrected chi connectivity index (χ0v) is 16.2. The number of fused-ring (bicyclic) bond motifs is 2. The molecule has 0 aliphatic heterocycles. The van der Waals surface area contributed by atoms with Gasteiger partial charge >= 0.3 is 0 Å². The molecule has 5 heteroatoms. The fourth-order valence-electron chi connectivity index (χ4n) is 5.77. The van der Waals surface area contributed by atoms with E-state index in [1.54, 1.807) is 7.11 Å². The fraction of sp³-hybridized carbons (Fsp3) is 0.947. The van der Waals surface area contributed by atoms with E-state index < -0.39 is 0 Å². The number of hydrogen-bond acceptors (Lipinski definition) is 3. The summed E-state index contributed by atoms with van der Waals surface area (Å²) in [7, 11) is 1.80. The van der Waals surface area contributed by atoms with E-state index in [1.165, 1.54) is 19.3 Å². The minimum Gasteiger partial charge on any atom is -0.381 e. The molecule has 24 heavy (non-hydrogen) atoms. The van der Waals surface area contributed by atoms with Gasteiger partial charge in [-0.05, 0) is 56.8 Å². The maximum Gasteiger partial charge on any atom is 0.223 e. The Morgan fingerprint density at radius 1 is 1.17 bits per heavy atom. The van der Waals surface area contributed by atoms with Gasteiger partial charge in [0.25, 0.3) is 0 Å². The number of nitrogens with two attached hydrogens (primary N) is 1. The van der Waals surface area contributed by atoms with Crippen LogP contribution in [0.2, 0.25) is 0 Å². The zero-order valence-electron chi connectivity index (χ0n) is 15.4. The number of carbonyl (C=O) groups is 1. The molecule has 2 bridgehead atoms. The summed E-state index contributed by atoms with van der Waals surface area (Å²) in [5.74, 6) is 1.58. The van der Waals surface area contributed by atoms with Crippen LogP contribution in [0.15, 0.2) is 0 Å². The highest BCUT2D eigenvalue weighted by Gasteiger charge is 2.54. The lowest BCUT2D eigenvalue weighted by Gasteiger charge is -2.55. The summed E-state index contributed by atoms with van der Waals surface area (Å²) in [4.78, 5) is 12.9. The van der Waals surface area contributed by atoms with Crippen molar-refractivity contribution in [3.8, 4) is 0 Å². The van der Waals surface area contributed by atoms with E-state index in [4.69, 9.17) is 10.5 Å². The number of amides is 1. The van der Waals surface area contributed by atoms with Gasteiger partial charge in [0.05, 0.1) is 6.10 Å². The van der Waals surface area contributed by atoms with Gasteiger partial charge in [0.15, 0.2) is 0 Å². The highest BCUT2D eigenvalue weighted by molar-refractivity contribution is 5.85. The third-order valence-corrected chi connectivity index (χ3v) is 7.49. The van der Waals surface area contributed by atoms with Crippen molar-refractivity contribution in [2.24, 2.45) is 28.9 Å². The first kappa shape index (κ1) is 20.0. The molecule has 3 aliphatic rings. The van der Waals surface area contributed by atoms with Crippen LogP contribution in [0.4, 0.5) is 0 Å². The largest absolute Gasteiger partial charge is 0.381 e. The van der Waals surface area contributed by atoms with Gasteiger partial charge in [-0.25, -0.2) is 0 Å². The predicted octanol–water partition coefficient (Wildman–Crippen LogP) is 3.27. The molecular weight excluding hydrogens is 324 g/mol. The smallest absolute Gasteiger partial charge is 0.223 e. The van der Waals surface area contributed by atoms with Crippen LogP contribution < -0.4 is 11.1 Å². The van der Waals surface area contributed by atoms with Gasteiger partial charge in [0, 0.05) is 30.5 Å². The molecule has 0 aromatic rings. The molecule has 3 aliphatic carbocycles. The Hall–Kier alpha value is -0.320. The van der Waals surface area contributed by atoms with Crippen molar-refractivity contribution in [1.29, 1.82) is 0 Å². The molecule has 4 unspecified atom stereocenters. The number of nitrogens with one attached hydrogen (secondary N) is 1. The van der Waals surface area contributed by atoms with Crippen molar-refractivity contribution in [3.05, 3.63) is 0 Å². The van der Waals surface area contributed by atoms with E-state index in [-0.39, 0.29) is 35.7 Å². The highest BCUT2D eigenvalue weighted by atomic mass is 35.5. The first-order valence-corrected chi connectivity index (χ1v) is 9.64. The van der Waals surface area contributed by atoms with Gasteiger partial charge in [-0.2, -0.15) is 0 Å². The molecule has 1 amide bonds. The van der Waals surface area contributed by atoms with E-state index in [0.717, 1.165) is 32.1 Å². The first-order chi connectivity index (χ1) is 11.1. The van der Waals surface area contributed by atoms with Gasteiger partial charge in [0.1, 0.15) is 0 Å². The first-order valence-electron chi connectivity index (χ1n) is 9.64. The molecule has 0 aromatic heterocycles.